The molecule has 1 N–H and O–H groups in total. The molecule has 0 spiro atoms. The molecule has 0 fully saturated rings. The third-order valence-electron chi connectivity index (χ3n) is 7.87. The summed E-state index contributed by atoms with van der Waals surface area (Å²) < 4.78 is 13.8. The van der Waals surface area contributed by atoms with Crippen LogP contribution in [0.2, 0.25) is 5.02 Å². The molecule has 3 aromatic carbocycles. The van der Waals surface area contributed by atoms with E-state index in [2.05, 4.69) is 72.4 Å². The number of rotatable bonds is 2. The van der Waals surface area contributed by atoms with Gasteiger partial charge in [0.05, 0.1) is 16.1 Å². The van der Waals surface area contributed by atoms with Gasteiger partial charge in [-0.2, -0.15) is 0 Å². The second-order valence-electron chi connectivity index (χ2n) is 11.2. The quantitative estimate of drug-likeness (QED) is 0.233. The van der Waals surface area contributed by atoms with E-state index in [0.29, 0.717) is 11.0 Å². The smallest absolute Gasteiger partial charge is 0.354 e. The summed E-state index contributed by atoms with van der Waals surface area (Å²) >= 11 is 6.15. The van der Waals surface area contributed by atoms with Crippen molar-refractivity contribution in [1.29, 1.82) is 0 Å². The Balaban J connectivity index is 0.000000195. The van der Waals surface area contributed by atoms with Gasteiger partial charge in [-0.05, 0) is 87.7 Å². The molecule has 0 radical (unpaired) electrons. The average Bonchev–Trinajstić information content (AvgIpc) is 2.97. The minimum Gasteiger partial charge on any atom is -0.477 e. The number of allylic oxidation sites excluding steroid dienone is 4. The van der Waals surface area contributed by atoms with Crippen molar-refractivity contribution in [2.45, 2.75) is 32.6 Å². The Labute approximate surface area is 242 Å². The largest absolute Gasteiger partial charge is 0.477 e. The maximum absolute atomic E-state index is 13.8. The van der Waals surface area contributed by atoms with Crippen LogP contribution in [0.3, 0.4) is 0 Å². The Hall–Kier alpha value is -4.35. The Morgan fingerprint density at radius 2 is 1.83 bits per heavy atom. The zero-order chi connectivity index (χ0) is 28.7. The lowest BCUT2D eigenvalue weighted by molar-refractivity contribution is 0.0691. The second-order valence-corrected chi connectivity index (χ2v) is 11.6. The van der Waals surface area contributed by atoms with Crippen LogP contribution < -0.4 is 0 Å². The van der Waals surface area contributed by atoms with Gasteiger partial charge in [0.1, 0.15) is 11.5 Å². The van der Waals surface area contributed by atoms with E-state index >= 15 is 0 Å². The number of hydrogen-bond acceptors (Lipinski definition) is 3. The summed E-state index contributed by atoms with van der Waals surface area (Å²) in [5.74, 6) is -1.16. The number of aromatic carboxylic acids is 1. The number of carboxylic acid groups (broad SMARTS) is 1. The van der Waals surface area contributed by atoms with Crippen molar-refractivity contribution in [3.05, 3.63) is 136 Å². The lowest BCUT2D eigenvalue weighted by Gasteiger charge is -2.37. The van der Waals surface area contributed by atoms with Crippen LogP contribution in [-0.4, -0.2) is 21.0 Å². The fourth-order valence-corrected chi connectivity index (χ4v) is 6.08. The zero-order valence-corrected chi connectivity index (χ0v) is 23.5. The molecular weight excluding hydrogens is 535 g/mol. The highest BCUT2D eigenvalue weighted by Gasteiger charge is 2.34. The van der Waals surface area contributed by atoms with Gasteiger partial charge in [0.2, 0.25) is 0 Å². The summed E-state index contributed by atoms with van der Waals surface area (Å²) in [5, 5.41) is 11.4. The van der Waals surface area contributed by atoms with Crippen LogP contribution in [0, 0.1) is 11.2 Å². The summed E-state index contributed by atoms with van der Waals surface area (Å²) in [7, 11) is 0. The monoisotopic (exact) mass is 562 g/mol. The van der Waals surface area contributed by atoms with Gasteiger partial charge in [-0.25, -0.2) is 14.2 Å². The molecule has 2 aliphatic carbocycles. The molecule has 0 amide bonds. The highest BCUT2D eigenvalue weighted by molar-refractivity contribution is 6.30. The van der Waals surface area contributed by atoms with Gasteiger partial charge in [0.25, 0.3) is 0 Å². The van der Waals surface area contributed by atoms with E-state index in [1.807, 2.05) is 12.1 Å². The van der Waals surface area contributed by atoms with Crippen molar-refractivity contribution >= 4 is 44.9 Å². The van der Waals surface area contributed by atoms with Crippen molar-refractivity contribution in [1.82, 2.24) is 9.97 Å². The minimum atomic E-state index is -1.02. The highest BCUT2D eigenvalue weighted by atomic mass is 35.5. The first-order valence-electron chi connectivity index (χ1n) is 13.5. The molecule has 6 heteroatoms. The molecule has 2 aliphatic rings. The maximum Gasteiger partial charge on any atom is 0.354 e. The SMILES string of the molecule is CC1(C)C=CC2=C(C1)C(c1ccc(F)c(Cl)c1)Cc1c2ccc2ccccc12.O=C(O)c1ccc2ncccc2n1. The van der Waals surface area contributed by atoms with E-state index in [0.717, 1.165) is 18.4 Å². The van der Waals surface area contributed by atoms with Gasteiger partial charge in [-0.15, -0.1) is 0 Å². The van der Waals surface area contributed by atoms with E-state index in [1.165, 1.54) is 45.2 Å². The Morgan fingerprint density at radius 1 is 1.00 bits per heavy atom. The summed E-state index contributed by atoms with van der Waals surface area (Å²) in [6.07, 6.45) is 8.19. The number of carbonyl (C=O) groups is 1. The summed E-state index contributed by atoms with van der Waals surface area (Å²) in [5.41, 5.74) is 8.06. The molecule has 0 bridgehead atoms. The van der Waals surface area contributed by atoms with Gasteiger partial charge >= 0.3 is 5.97 Å². The van der Waals surface area contributed by atoms with Crippen LogP contribution in [0.25, 0.3) is 27.4 Å². The van der Waals surface area contributed by atoms with Gasteiger partial charge in [0, 0.05) is 12.1 Å². The average molecular weight is 563 g/mol. The van der Waals surface area contributed by atoms with Gasteiger partial charge < -0.3 is 5.11 Å². The topological polar surface area (TPSA) is 63.1 Å². The molecule has 7 rings (SSSR count). The number of hydrogen-bond donors (Lipinski definition) is 1. The third-order valence-corrected chi connectivity index (χ3v) is 8.16. The molecule has 0 aliphatic heterocycles. The number of carboxylic acids is 1. The Kier molecular flexibility index (Phi) is 6.92. The van der Waals surface area contributed by atoms with Crippen molar-refractivity contribution in [3.8, 4) is 0 Å². The van der Waals surface area contributed by atoms with Crippen LogP contribution in [-0.2, 0) is 6.42 Å². The number of benzene rings is 3. The van der Waals surface area contributed by atoms with Gasteiger partial charge in [-0.1, -0.05) is 85.6 Å². The Morgan fingerprint density at radius 3 is 2.63 bits per heavy atom. The van der Waals surface area contributed by atoms with Crippen molar-refractivity contribution in [2.24, 2.45) is 5.41 Å². The molecule has 5 aromatic rings. The standard InChI is InChI=1S/C26H22ClF.C9H6N2O2/c1-26(2)12-11-20-19-9-7-16-5-3-4-6-18(16)22(19)14-21(23(20)15-26)17-8-10-25(28)24(27)13-17;12-9(13)8-4-3-6-7(11-8)2-1-5-10-6/h3-13,21H,14-15H2,1-2H3;1-5H,(H,12,13). The predicted molar refractivity (Wildman–Crippen MR) is 163 cm³/mol. The normalized spacial score (nSPS) is 17.0. The van der Waals surface area contributed by atoms with Crippen molar-refractivity contribution in [2.75, 3.05) is 0 Å². The van der Waals surface area contributed by atoms with Crippen LogP contribution in [0.4, 0.5) is 4.39 Å². The van der Waals surface area contributed by atoms with E-state index in [9.17, 15) is 9.18 Å². The Bertz CT molecular complexity index is 1890. The molecule has 204 valence electrons. The molecule has 41 heavy (non-hydrogen) atoms. The second kappa shape index (κ2) is 10.6. The maximum atomic E-state index is 13.8. The molecular formula is C35H28ClFN2O2. The van der Waals surface area contributed by atoms with Gasteiger partial charge in [0.15, 0.2) is 0 Å². The molecule has 1 unspecified atom stereocenters. The zero-order valence-electron chi connectivity index (χ0n) is 22.7. The van der Waals surface area contributed by atoms with E-state index in [-0.39, 0.29) is 27.9 Å². The van der Waals surface area contributed by atoms with Crippen LogP contribution in [0.5, 0.6) is 0 Å². The first-order valence-corrected chi connectivity index (χ1v) is 13.9. The number of aromatic nitrogens is 2. The van der Waals surface area contributed by atoms with E-state index in [1.54, 1.807) is 24.4 Å². The predicted octanol–water partition coefficient (Wildman–Crippen LogP) is 9.04. The summed E-state index contributed by atoms with van der Waals surface area (Å²) in [6, 6.07) is 24.8. The minimum absolute atomic E-state index is 0.0421. The fraction of sp³-hybridized carbons (Fsp3) is 0.171. The molecule has 4 nitrogen and oxygen atoms in total. The van der Waals surface area contributed by atoms with E-state index < -0.39 is 5.97 Å². The molecule has 0 saturated heterocycles. The number of nitrogens with zero attached hydrogens (tertiary/aromatic N) is 2. The fourth-order valence-electron chi connectivity index (χ4n) is 5.89. The number of fused-ring (bicyclic) bond motifs is 5. The molecule has 2 aromatic heterocycles. The highest BCUT2D eigenvalue weighted by Crippen LogP contribution is 2.50. The van der Waals surface area contributed by atoms with Crippen LogP contribution >= 0.6 is 11.6 Å². The molecule has 1 atom stereocenters. The molecule has 0 saturated carbocycles. The van der Waals surface area contributed by atoms with Crippen molar-refractivity contribution in [3.63, 3.8) is 0 Å². The first kappa shape index (κ1) is 26.9. The van der Waals surface area contributed by atoms with Crippen LogP contribution in [0.15, 0.2) is 103 Å². The summed E-state index contributed by atoms with van der Waals surface area (Å²) in [4.78, 5) is 18.5. The van der Waals surface area contributed by atoms with Crippen molar-refractivity contribution < 1.29 is 14.3 Å². The lowest BCUT2D eigenvalue weighted by Crippen LogP contribution is -2.22. The third kappa shape index (κ3) is 5.25. The first-order chi connectivity index (χ1) is 19.7. The van der Waals surface area contributed by atoms with Crippen LogP contribution in [0.1, 0.15) is 53.4 Å². The number of halogens is 2. The van der Waals surface area contributed by atoms with E-state index in [4.69, 9.17) is 16.7 Å². The lowest BCUT2D eigenvalue weighted by atomic mass is 9.67. The summed E-state index contributed by atoms with van der Waals surface area (Å²) in [6.45, 7) is 4.55. The van der Waals surface area contributed by atoms with Gasteiger partial charge in [-0.3, -0.25) is 4.98 Å². The molecule has 2 heterocycles. The number of pyridine rings is 2.